The van der Waals surface area contributed by atoms with E-state index in [0.29, 0.717) is 16.7 Å². The van der Waals surface area contributed by atoms with Crippen LogP contribution in [-0.2, 0) is 9.53 Å². The second-order valence-corrected chi connectivity index (χ2v) is 3.98. The molecule has 17 heavy (non-hydrogen) atoms. The van der Waals surface area contributed by atoms with Gasteiger partial charge < -0.3 is 4.74 Å². The molecule has 0 amide bonds. The first kappa shape index (κ1) is 13.8. The number of hydrogen-bond donors (Lipinski definition) is 0. The largest absolute Gasteiger partial charge is 0.463 e. The highest BCUT2D eigenvalue weighted by molar-refractivity contribution is 6.35. The number of ether oxygens (including phenoxy) is 1. The van der Waals surface area contributed by atoms with Crippen LogP contribution >= 0.6 is 23.2 Å². The highest BCUT2D eigenvalue weighted by atomic mass is 35.5. The molecular formula is C13H12Cl2O2. The molecule has 1 aromatic rings. The number of hydrogen-bond acceptors (Lipinski definition) is 2. The van der Waals surface area contributed by atoms with Gasteiger partial charge in [0.15, 0.2) is 0 Å². The molecule has 2 nitrogen and oxygen atoms in total. The summed E-state index contributed by atoms with van der Waals surface area (Å²) in [5.41, 5.74) is 0.838. The zero-order valence-corrected chi connectivity index (χ0v) is 10.8. The van der Waals surface area contributed by atoms with Crippen molar-refractivity contribution in [3.05, 3.63) is 52.0 Å². The topological polar surface area (TPSA) is 26.3 Å². The molecule has 0 aromatic heterocycles. The maximum atomic E-state index is 11.0. The third-order valence-electron chi connectivity index (χ3n) is 1.87. The Morgan fingerprint density at radius 2 is 2.12 bits per heavy atom. The predicted octanol–water partition coefficient (Wildman–Crippen LogP) is 4.13. The summed E-state index contributed by atoms with van der Waals surface area (Å²) in [5.74, 6) is -0.362. The molecule has 0 heterocycles. The maximum absolute atomic E-state index is 11.0. The molecule has 0 saturated carbocycles. The van der Waals surface area contributed by atoms with Crippen LogP contribution in [0.3, 0.4) is 0 Å². The average molecular weight is 271 g/mol. The molecule has 0 bridgehead atoms. The van der Waals surface area contributed by atoms with Gasteiger partial charge in [-0.25, -0.2) is 4.79 Å². The van der Waals surface area contributed by atoms with E-state index in [9.17, 15) is 4.79 Å². The van der Waals surface area contributed by atoms with Gasteiger partial charge in [-0.15, -0.1) is 0 Å². The van der Waals surface area contributed by atoms with E-state index < -0.39 is 0 Å². The number of carbonyl (C=O) groups excluding carboxylic acids is 1. The summed E-state index contributed by atoms with van der Waals surface area (Å²) in [6.07, 6.45) is 6.45. The smallest absolute Gasteiger partial charge is 0.330 e. The summed E-state index contributed by atoms with van der Waals surface area (Å²) < 4.78 is 4.73. The van der Waals surface area contributed by atoms with Gasteiger partial charge in [0.2, 0.25) is 0 Å². The third-order valence-corrected chi connectivity index (χ3v) is 2.43. The molecule has 0 fully saturated rings. The fourth-order valence-corrected chi connectivity index (χ4v) is 1.59. The van der Waals surface area contributed by atoms with Crippen molar-refractivity contribution in [3.63, 3.8) is 0 Å². The first-order valence-corrected chi connectivity index (χ1v) is 5.85. The van der Waals surface area contributed by atoms with Gasteiger partial charge in [-0.3, -0.25) is 0 Å². The van der Waals surface area contributed by atoms with E-state index in [1.165, 1.54) is 6.08 Å². The van der Waals surface area contributed by atoms with Gasteiger partial charge in [-0.1, -0.05) is 47.5 Å². The highest BCUT2D eigenvalue weighted by Crippen LogP contribution is 2.21. The van der Waals surface area contributed by atoms with Crippen LogP contribution in [0.2, 0.25) is 10.0 Å². The Hall–Kier alpha value is -1.25. The van der Waals surface area contributed by atoms with Crippen molar-refractivity contribution in [2.75, 3.05) is 6.61 Å². The van der Waals surface area contributed by atoms with E-state index in [0.717, 1.165) is 5.56 Å². The summed E-state index contributed by atoms with van der Waals surface area (Å²) >= 11 is 11.7. The molecule has 0 N–H and O–H groups in total. The molecule has 0 aliphatic rings. The van der Waals surface area contributed by atoms with E-state index in [2.05, 4.69) is 0 Å². The minimum absolute atomic E-state index is 0.362. The molecule has 0 aliphatic carbocycles. The molecule has 0 radical (unpaired) electrons. The Morgan fingerprint density at radius 3 is 2.76 bits per heavy atom. The van der Waals surface area contributed by atoms with Gasteiger partial charge in [-0.05, 0) is 24.6 Å². The molecular weight excluding hydrogens is 259 g/mol. The monoisotopic (exact) mass is 270 g/mol. The van der Waals surface area contributed by atoms with Crippen molar-refractivity contribution in [1.82, 2.24) is 0 Å². The van der Waals surface area contributed by atoms with Crippen molar-refractivity contribution >= 4 is 35.2 Å². The number of halogens is 2. The van der Waals surface area contributed by atoms with Crippen LogP contribution in [0.15, 0.2) is 36.4 Å². The first-order valence-electron chi connectivity index (χ1n) is 5.10. The van der Waals surface area contributed by atoms with Crippen molar-refractivity contribution < 1.29 is 9.53 Å². The summed E-state index contributed by atoms with van der Waals surface area (Å²) in [7, 11) is 0. The van der Waals surface area contributed by atoms with Gasteiger partial charge in [0.05, 0.1) is 6.61 Å². The summed E-state index contributed by atoms with van der Waals surface area (Å²) in [6, 6.07) is 5.22. The average Bonchev–Trinajstić information content (AvgIpc) is 2.27. The predicted molar refractivity (Wildman–Crippen MR) is 71.3 cm³/mol. The number of esters is 1. The lowest BCUT2D eigenvalue weighted by molar-refractivity contribution is -0.137. The molecule has 0 atom stereocenters. The Bertz CT molecular complexity index is 451. The molecule has 0 aliphatic heterocycles. The van der Waals surface area contributed by atoms with Crippen molar-refractivity contribution in [2.24, 2.45) is 0 Å². The Morgan fingerprint density at radius 1 is 1.35 bits per heavy atom. The summed E-state index contributed by atoms with van der Waals surface area (Å²) in [4.78, 5) is 11.0. The quantitative estimate of drug-likeness (QED) is 0.467. The maximum Gasteiger partial charge on any atom is 0.330 e. The van der Waals surface area contributed by atoms with Crippen LogP contribution in [0.5, 0.6) is 0 Å². The van der Waals surface area contributed by atoms with Crippen LogP contribution < -0.4 is 0 Å². The summed E-state index contributed by atoms with van der Waals surface area (Å²) in [5, 5.41) is 1.16. The van der Waals surface area contributed by atoms with Crippen molar-refractivity contribution in [2.45, 2.75) is 6.92 Å². The second-order valence-electron chi connectivity index (χ2n) is 3.14. The lowest BCUT2D eigenvalue weighted by Gasteiger charge is -1.97. The number of carbonyl (C=O) groups is 1. The van der Waals surface area contributed by atoms with Crippen LogP contribution in [0.25, 0.3) is 6.08 Å². The third kappa shape index (κ3) is 5.07. The fraction of sp³-hybridized carbons (Fsp3) is 0.154. The zero-order chi connectivity index (χ0) is 12.7. The highest BCUT2D eigenvalue weighted by Gasteiger charge is 1.96. The molecule has 90 valence electrons. The van der Waals surface area contributed by atoms with Gasteiger partial charge in [0, 0.05) is 16.1 Å². The lowest BCUT2D eigenvalue weighted by atomic mass is 10.2. The van der Waals surface area contributed by atoms with Gasteiger partial charge in [0.25, 0.3) is 0 Å². The van der Waals surface area contributed by atoms with Crippen molar-refractivity contribution in [3.8, 4) is 0 Å². The van der Waals surface area contributed by atoms with Crippen LogP contribution in [0.4, 0.5) is 0 Å². The standard InChI is InChI=1S/C13H12Cl2O2/c1-2-17-13(16)6-4-3-5-10-7-8-11(14)9-12(10)15/h3-9H,2H2,1H3/b5-3+,6-4+. The molecule has 1 aromatic carbocycles. The lowest BCUT2D eigenvalue weighted by Crippen LogP contribution is -1.98. The van der Waals surface area contributed by atoms with Gasteiger partial charge in [-0.2, -0.15) is 0 Å². The first-order chi connectivity index (χ1) is 8.13. The molecule has 1 rings (SSSR count). The number of rotatable bonds is 4. The Labute approximate surface area is 110 Å². The van der Waals surface area contributed by atoms with E-state index in [4.69, 9.17) is 27.9 Å². The van der Waals surface area contributed by atoms with Gasteiger partial charge >= 0.3 is 5.97 Å². The molecule has 0 spiro atoms. The zero-order valence-electron chi connectivity index (χ0n) is 9.32. The Kier molecular flexibility index (Phi) is 5.81. The van der Waals surface area contributed by atoms with E-state index in [-0.39, 0.29) is 5.97 Å². The molecule has 0 unspecified atom stereocenters. The second kappa shape index (κ2) is 7.15. The molecule has 4 heteroatoms. The van der Waals surface area contributed by atoms with E-state index >= 15 is 0 Å². The number of benzene rings is 1. The normalized spacial score (nSPS) is 11.2. The summed E-state index contributed by atoms with van der Waals surface area (Å²) in [6.45, 7) is 2.13. The fourth-order valence-electron chi connectivity index (χ4n) is 1.12. The minimum atomic E-state index is -0.362. The van der Waals surface area contributed by atoms with Crippen LogP contribution in [0.1, 0.15) is 12.5 Å². The van der Waals surface area contributed by atoms with Crippen molar-refractivity contribution in [1.29, 1.82) is 0 Å². The van der Waals surface area contributed by atoms with E-state index in [1.807, 2.05) is 0 Å². The van der Waals surface area contributed by atoms with Crippen LogP contribution in [-0.4, -0.2) is 12.6 Å². The Balaban J connectivity index is 2.62. The minimum Gasteiger partial charge on any atom is -0.463 e. The van der Waals surface area contributed by atoms with Gasteiger partial charge in [0.1, 0.15) is 0 Å². The SMILES string of the molecule is CCOC(=O)/C=C/C=C/c1ccc(Cl)cc1Cl. The molecule has 0 saturated heterocycles. The van der Waals surface area contributed by atoms with E-state index in [1.54, 1.807) is 43.4 Å². The number of allylic oxidation sites excluding steroid dienone is 2. The van der Waals surface area contributed by atoms with Crippen LogP contribution in [0, 0.1) is 0 Å².